The topological polar surface area (TPSA) is 59.1 Å². The van der Waals surface area contributed by atoms with Gasteiger partial charge in [0.15, 0.2) is 0 Å². The van der Waals surface area contributed by atoms with Crippen molar-refractivity contribution in [1.29, 1.82) is 0 Å². The zero-order chi connectivity index (χ0) is 9.47. The SMILES string of the molecule is Cc1ccc(C2(O)CC(N)C2)cn1. The van der Waals surface area contributed by atoms with Gasteiger partial charge in [-0.25, -0.2) is 0 Å². The molecule has 1 heterocycles. The summed E-state index contributed by atoms with van der Waals surface area (Å²) in [5.41, 5.74) is 6.79. The Bertz CT molecular complexity index is 301. The average molecular weight is 178 g/mol. The van der Waals surface area contributed by atoms with E-state index in [1.165, 1.54) is 0 Å². The van der Waals surface area contributed by atoms with Crippen LogP contribution in [0.25, 0.3) is 0 Å². The van der Waals surface area contributed by atoms with Gasteiger partial charge in [-0.1, -0.05) is 6.07 Å². The van der Waals surface area contributed by atoms with Crippen molar-refractivity contribution in [2.45, 2.75) is 31.4 Å². The molecule has 3 heteroatoms. The number of hydrogen-bond donors (Lipinski definition) is 2. The van der Waals surface area contributed by atoms with E-state index in [1.54, 1.807) is 6.20 Å². The molecule has 0 unspecified atom stereocenters. The van der Waals surface area contributed by atoms with E-state index in [0.29, 0.717) is 12.8 Å². The summed E-state index contributed by atoms with van der Waals surface area (Å²) < 4.78 is 0. The summed E-state index contributed by atoms with van der Waals surface area (Å²) in [5, 5.41) is 10.0. The first-order chi connectivity index (χ1) is 6.10. The van der Waals surface area contributed by atoms with Crippen LogP contribution in [-0.2, 0) is 5.60 Å². The third kappa shape index (κ3) is 1.45. The van der Waals surface area contributed by atoms with Crippen molar-refractivity contribution >= 4 is 0 Å². The fourth-order valence-corrected chi connectivity index (χ4v) is 1.79. The Kier molecular flexibility index (Phi) is 1.86. The van der Waals surface area contributed by atoms with Crippen LogP contribution in [0.3, 0.4) is 0 Å². The van der Waals surface area contributed by atoms with Crippen molar-refractivity contribution in [3.8, 4) is 0 Å². The molecule has 0 atom stereocenters. The van der Waals surface area contributed by atoms with Crippen LogP contribution < -0.4 is 5.73 Å². The minimum atomic E-state index is -0.708. The van der Waals surface area contributed by atoms with Crippen LogP contribution in [-0.4, -0.2) is 16.1 Å². The Labute approximate surface area is 77.6 Å². The van der Waals surface area contributed by atoms with Crippen LogP contribution in [0.2, 0.25) is 0 Å². The average Bonchev–Trinajstić information content (AvgIpc) is 2.03. The first kappa shape index (κ1) is 8.66. The summed E-state index contributed by atoms with van der Waals surface area (Å²) in [5.74, 6) is 0. The van der Waals surface area contributed by atoms with Crippen molar-refractivity contribution in [3.05, 3.63) is 29.6 Å². The third-order valence-corrected chi connectivity index (χ3v) is 2.65. The van der Waals surface area contributed by atoms with E-state index in [1.807, 2.05) is 19.1 Å². The lowest BCUT2D eigenvalue weighted by Crippen LogP contribution is -2.49. The van der Waals surface area contributed by atoms with E-state index in [4.69, 9.17) is 5.73 Å². The van der Waals surface area contributed by atoms with E-state index in [2.05, 4.69) is 4.98 Å². The van der Waals surface area contributed by atoms with Gasteiger partial charge in [-0.15, -0.1) is 0 Å². The maximum absolute atomic E-state index is 10.0. The molecule has 70 valence electrons. The molecule has 0 aromatic carbocycles. The molecule has 0 spiro atoms. The number of aliphatic hydroxyl groups is 1. The first-order valence-electron chi connectivity index (χ1n) is 4.51. The molecule has 0 saturated heterocycles. The maximum Gasteiger partial charge on any atom is 0.0940 e. The lowest BCUT2D eigenvalue weighted by atomic mass is 9.72. The van der Waals surface area contributed by atoms with Crippen molar-refractivity contribution in [1.82, 2.24) is 4.98 Å². The number of nitrogens with two attached hydrogens (primary N) is 1. The Hall–Kier alpha value is -0.930. The van der Waals surface area contributed by atoms with Gasteiger partial charge in [-0.2, -0.15) is 0 Å². The number of nitrogens with zero attached hydrogens (tertiary/aromatic N) is 1. The fourth-order valence-electron chi connectivity index (χ4n) is 1.79. The highest BCUT2D eigenvalue weighted by atomic mass is 16.3. The van der Waals surface area contributed by atoms with Crippen molar-refractivity contribution in [3.63, 3.8) is 0 Å². The minimum Gasteiger partial charge on any atom is -0.385 e. The molecule has 1 saturated carbocycles. The van der Waals surface area contributed by atoms with Gasteiger partial charge in [0.2, 0.25) is 0 Å². The lowest BCUT2D eigenvalue weighted by molar-refractivity contribution is -0.0525. The molecular weight excluding hydrogens is 164 g/mol. The van der Waals surface area contributed by atoms with E-state index < -0.39 is 5.60 Å². The number of rotatable bonds is 1. The third-order valence-electron chi connectivity index (χ3n) is 2.65. The Morgan fingerprint density at radius 2 is 2.23 bits per heavy atom. The molecule has 3 nitrogen and oxygen atoms in total. The van der Waals surface area contributed by atoms with E-state index in [0.717, 1.165) is 11.3 Å². The van der Waals surface area contributed by atoms with E-state index in [9.17, 15) is 5.11 Å². The lowest BCUT2D eigenvalue weighted by Gasteiger charge is -2.41. The monoisotopic (exact) mass is 178 g/mol. The summed E-state index contributed by atoms with van der Waals surface area (Å²) in [6.07, 6.45) is 3.04. The quantitative estimate of drug-likeness (QED) is 0.665. The molecule has 0 radical (unpaired) electrons. The molecule has 3 N–H and O–H groups in total. The van der Waals surface area contributed by atoms with E-state index >= 15 is 0 Å². The predicted molar refractivity (Wildman–Crippen MR) is 50.1 cm³/mol. The minimum absolute atomic E-state index is 0.145. The second kappa shape index (κ2) is 2.79. The highest BCUT2D eigenvalue weighted by molar-refractivity contribution is 5.24. The molecular formula is C10H14N2O. The van der Waals surface area contributed by atoms with Crippen LogP contribution in [0.15, 0.2) is 18.3 Å². The largest absolute Gasteiger partial charge is 0.385 e. The molecule has 0 amide bonds. The molecule has 1 aromatic heterocycles. The Balaban J connectivity index is 2.22. The molecule has 13 heavy (non-hydrogen) atoms. The fraction of sp³-hybridized carbons (Fsp3) is 0.500. The summed E-state index contributed by atoms with van der Waals surface area (Å²) in [7, 11) is 0. The number of hydrogen-bond acceptors (Lipinski definition) is 3. The first-order valence-corrected chi connectivity index (χ1v) is 4.51. The van der Waals surface area contributed by atoms with Crippen molar-refractivity contribution in [2.24, 2.45) is 5.73 Å². The van der Waals surface area contributed by atoms with Crippen LogP contribution in [0.4, 0.5) is 0 Å². The smallest absolute Gasteiger partial charge is 0.0940 e. The van der Waals surface area contributed by atoms with Gasteiger partial charge >= 0.3 is 0 Å². The van der Waals surface area contributed by atoms with Gasteiger partial charge in [0.05, 0.1) is 5.60 Å². The number of aromatic nitrogens is 1. The van der Waals surface area contributed by atoms with Gasteiger partial charge in [0, 0.05) is 23.5 Å². The highest BCUT2D eigenvalue weighted by Gasteiger charge is 2.42. The summed E-state index contributed by atoms with van der Waals surface area (Å²) in [6.45, 7) is 1.93. The second-order valence-corrected chi connectivity index (χ2v) is 3.89. The van der Waals surface area contributed by atoms with Gasteiger partial charge in [0.1, 0.15) is 0 Å². The summed E-state index contributed by atoms with van der Waals surface area (Å²) >= 11 is 0. The molecule has 2 rings (SSSR count). The molecule has 1 aliphatic rings. The number of pyridine rings is 1. The van der Waals surface area contributed by atoms with Gasteiger partial charge in [0.25, 0.3) is 0 Å². The molecule has 1 aliphatic carbocycles. The van der Waals surface area contributed by atoms with Crippen molar-refractivity contribution in [2.75, 3.05) is 0 Å². The van der Waals surface area contributed by atoms with Gasteiger partial charge in [-0.05, 0) is 25.8 Å². The van der Waals surface area contributed by atoms with Crippen molar-refractivity contribution < 1.29 is 5.11 Å². The van der Waals surface area contributed by atoms with Crippen LogP contribution in [0.5, 0.6) is 0 Å². The zero-order valence-electron chi connectivity index (χ0n) is 7.70. The standard InChI is InChI=1S/C10H14N2O/c1-7-2-3-8(6-12-7)10(13)4-9(11)5-10/h2-3,6,9,13H,4-5,11H2,1H3. The van der Waals surface area contributed by atoms with Crippen LogP contribution >= 0.6 is 0 Å². The second-order valence-electron chi connectivity index (χ2n) is 3.89. The zero-order valence-corrected chi connectivity index (χ0v) is 7.70. The predicted octanol–water partition coefficient (Wildman–Crippen LogP) is 0.699. The molecule has 0 bridgehead atoms. The molecule has 1 aromatic rings. The normalized spacial score (nSPS) is 32.7. The Morgan fingerprint density at radius 3 is 2.69 bits per heavy atom. The van der Waals surface area contributed by atoms with Crippen LogP contribution in [0.1, 0.15) is 24.1 Å². The summed E-state index contributed by atoms with van der Waals surface area (Å²) in [4.78, 5) is 4.15. The molecule has 1 fully saturated rings. The van der Waals surface area contributed by atoms with Crippen LogP contribution in [0, 0.1) is 6.92 Å². The van der Waals surface area contributed by atoms with Gasteiger partial charge < -0.3 is 10.8 Å². The maximum atomic E-state index is 10.0. The highest BCUT2D eigenvalue weighted by Crippen LogP contribution is 2.39. The van der Waals surface area contributed by atoms with E-state index in [-0.39, 0.29) is 6.04 Å². The van der Waals surface area contributed by atoms with Gasteiger partial charge in [-0.3, -0.25) is 4.98 Å². The Morgan fingerprint density at radius 1 is 1.54 bits per heavy atom. The number of aryl methyl sites for hydroxylation is 1. The molecule has 0 aliphatic heterocycles. The summed E-state index contributed by atoms with van der Waals surface area (Å²) in [6, 6.07) is 3.98.